The summed E-state index contributed by atoms with van der Waals surface area (Å²) in [6.07, 6.45) is 4.35. The summed E-state index contributed by atoms with van der Waals surface area (Å²) in [5.74, 6) is 5.46. The molecule has 104 valence electrons. The maximum Gasteiger partial charge on any atom is 0.410 e. The Bertz CT molecular complexity index is 309. The van der Waals surface area contributed by atoms with Gasteiger partial charge in [0.2, 0.25) is 0 Å². The predicted molar refractivity (Wildman–Crippen MR) is 69.8 cm³/mol. The van der Waals surface area contributed by atoms with Crippen LogP contribution in [0.4, 0.5) is 4.79 Å². The van der Waals surface area contributed by atoms with E-state index in [0.717, 1.165) is 38.8 Å². The molecule has 1 amide bonds. The third kappa shape index (κ3) is 2.95. The van der Waals surface area contributed by atoms with Crippen LogP contribution in [0.2, 0.25) is 0 Å². The number of nitrogens with two attached hydrogens (primary N) is 1. The number of nitrogens with one attached hydrogen (secondary N) is 1. The van der Waals surface area contributed by atoms with Gasteiger partial charge in [-0.25, -0.2) is 4.79 Å². The lowest BCUT2D eigenvalue weighted by atomic mass is 9.67. The highest BCUT2D eigenvalue weighted by molar-refractivity contribution is 5.69. The molecule has 0 bridgehead atoms. The first-order valence-electron chi connectivity index (χ1n) is 6.78. The van der Waals surface area contributed by atoms with Crippen molar-refractivity contribution in [3.8, 4) is 0 Å². The smallest absolute Gasteiger partial charge is 0.410 e. The molecule has 18 heavy (non-hydrogen) atoms. The fraction of sp³-hybridized carbons (Fsp3) is 0.923. The van der Waals surface area contributed by atoms with Crippen molar-refractivity contribution < 1.29 is 9.53 Å². The highest BCUT2D eigenvalue weighted by atomic mass is 16.6. The Morgan fingerprint density at radius 1 is 1.33 bits per heavy atom. The maximum atomic E-state index is 11.9. The van der Waals surface area contributed by atoms with E-state index in [1.54, 1.807) is 0 Å². The first kappa shape index (κ1) is 13.6. The van der Waals surface area contributed by atoms with Gasteiger partial charge in [0, 0.05) is 24.5 Å². The van der Waals surface area contributed by atoms with E-state index in [9.17, 15) is 4.79 Å². The first-order chi connectivity index (χ1) is 8.34. The van der Waals surface area contributed by atoms with Gasteiger partial charge in [-0.1, -0.05) is 0 Å². The Balaban J connectivity index is 1.78. The van der Waals surface area contributed by atoms with Gasteiger partial charge in [-0.3, -0.25) is 11.3 Å². The molecule has 1 saturated carbocycles. The quantitative estimate of drug-likeness (QED) is 0.552. The van der Waals surface area contributed by atoms with Crippen LogP contribution in [0.3, 0.4) is 0 Å². The minimum Gasteiger partial charge on any atom is -0.444 e. The van der Waals surface area contributed by atoms with Crippen molar-refractivity contribution in [1.29, 1.82) is 0 Å². The highest BCUT2D eigenvalue weighted by Gasteiger charge is 2.47. The summed E-state index contributed by atoms with van der Waals surface area (Å²) in [5.41, 5.74) is 2.79. The van der Waals surface area contributed by atoms with E-state index in [-0.39, 0.29) is 6.09 Å². The van der Waals surface area contributed by atoms with Gasteiger partial charge in [-0.2, -0.15) is 0 Å². The number of carbonyl (C=O) groups excluding carboxylic acids is 1. The molecule has 2 aliphatic rings. The molecule has 1 aliphatic carbocycles. The standard InChI is InChI=1S/C13H25N3O2/c1-12(2,3)18-11(17)16-8-13(9-16)6-4-10(15-14)5-7-13/h10,15H,4-9,14H2,1-3H3. The number of nitrogens with zero attached hydrogens (tertiary/aromatic N) is 1. The van der Waals surface area contributed by atoms with E-state index in [1.165, 1.54) is 0 Å². The molecule has 1 heterocycles. The molecule has 2 rings (SSSR count). The van der Waals surface area contributed by atoms with E-state index in [4.69, 9.17) is 10.6 Å². The molecule has 2 fully saturated rings. The van der Waals surface area contributed by atoms with Gasteiger partial charge in [0.05, 0.1) is 0 Å². The molecular formula is C13H25N3O2. The molecule has 0 aromatic rings. The number of hydrogen-bond donors (Lipinski definition) is 2. The molecule has 0 aromatic heterocycles. The molecule has 0 unspecified atom stereocenters. The fourth-order valence-electron chi connectivity index (χ4n) is 2.93. The van der Waals surface area contributed by atoms with Crippen LogP contribution in [0.1, 0.15) is 46.5 Å². The number of carbonyl (C=O) groups is 1. The summed E-state index contributed by atoms with van der Waals surface area (Å²) in [7, 11) is 0. The van der Waals surface area contributed by atoms with Crippen LogP contribution in [-0.4, -0.2) is 35.7 Å². The van der Waals surface area contributed by atoms with Gasteiger partial charge in [-0.15, -0.1) is 0 Å². The van der Waals surface area contributed by atoms with Crippen molar-refractivity contribution in [3.05, 3.63) is 0 Å². The van der Waals surface area contributed by atoms with Crippen molar-refractivity contribution in [2.75, 3.05) is 13.1 Å². The normalized spacial score (nSPS) is 23.9. The van der Waals surface area contributed by atoms with Gasteiger partial charge in [0.25, 0.3) is 0 Å². The lowest BCUT2D eigenvalue weighted by molar-refractivity contribution is -0.0516. The Labute approximate surface area is 109 Å². The molecular weight excluding hydrogens is 230 g/mol. The summed E-state index contributed by atoms with van der Waals surface area (Å²) < 4.78 is 5.37. The molecule has 5 nitrogen and oxygen atoms in total. The molecule has 0 radical (unpaired) electrons. The predicted octanol–water partition coefficient (Wildman–Crippen LogP) is 1.63. The summed E-state index contributed by atoms with van der Waals surface area (Å²) in [6.45, 7) is 7.40. The van der Waals surface area contributed by atoms with Crippen molar-refractivity contribution in [2.24, 2.45) is 11.3 Å². The number of ether oxygens (including phenoxy) is 1. The van der Waals surface area contributed by atoms with Crippen LogP contribution in [0, 0.1) is 5.41 Å². The van der Waals surface area contributed by atoms with Crippen LogP contribution in [0.5, 0.6) is 0 Å². The summed E-state index contributed by atoms with van der Waals surface area (Å²) >= 11 is 0. The minimum absolute atomic E-state index is 0.174. The Kier molecular flexibility index (Phi) is 3.56. The Morgan fingerprint density at radius 2 is 1.89 bits per heavy atom. The molecule has 0 atom stereocenters. The number of rotatable bonds is 1. The van der Waals surface area contributed by atoms with Crippen molar-refractivity contribution in [1.82, 2.24) is 10.3 Å². The van der Waals surface area contributed by atoms with Crippen LogP contribution < -0.4 is 11.3 Å². The highest BCUT2D eigenvalue weighted by Crippen LogP contribution is 2.44. The van der Waals surface area contributed by atoms with Crippen molar-refractivity contribution in [3.63, 3.8) is 0 Å². The van der Waals surface area contributed by atoms with Crippen LogP contribution >= 0.6 is 0 Å². The topological polar surface area (TPSA) is 67.6 Å². The molecule has 1 spiro atoms. The molecule has 1 saturated heterocycles. The van der Waals surface area contributed by atoms with Crippen molar-refractivity contribution in [2.45, 2.75) is 58.1 Å². The fourth-order valence-corrected chi connectivity index (χ4v) is 2.93. The molecule has 3 N–H and O–H groups in total. The average molecular weight is 255 g/mol. The summed E-state index contributed by atoms with van der Waals surface area (Å²) in [5, 5.41) is 0. The van der Waals surface area contributed by atoms with Gasteiger partial charge in [-0.05, 0) is 46.5 Å². The van der Waals surface area contributed by atoms with E-state index in [1.807, 2.05) is 25.7 Å². The third-order valence-electron chi connectivity index (χ3n) is 3.99. The zero-order valence-corrected chi connectivity index (χ0v) is 11.7. The summed E-state index contributed by atoms with van der Waals surface area (Å²) in [6, 6.07) is 0.450. The molecule has 1 aliphatic heterocycles. The van der Waals surface area contributed by atoms with Crippen LogP contribution in [0.15, 0.2) is 0 Å². The van der Waals surface area contributed by atoms with E-state index in [2.05, 4.69) is 5.43 Å². The number of likely N-dealkylation sites (tertiary alicyclic amines) is 1. The zero-order valence-electron chi connectivity index (χ0n) is 11.7. The van der Waals surface area contributed by atoms with Gasteiger partial charge >= 0.3 is 6.09 Å². The Morgan fingerprint density at radius 3 is 2.33 bits per heavy atom. The monoisotopic (exact) mass is 255 g/mol. The second kappa shape index (κ2) is 4.70. The first-order valence-corrected chi connectivity index (χ1v) is 6.78. The van der Waals surface area contributed by atoms with E-state index >= 15 is 0 Å². The van der Waals surface area contributed by atoms with Gasteiger partial charge in [0.1, 0.15) is 5.60 Å². The van der Waals surface area contributed by atoms with Crippen LogP contribution in [0.25, 0.3) is 0 Å². The largest absolute Gasteiger partial charge is 0.444 e. The van der Waals surface area contributed by atoms with E-state index in [0.29, 0.717) is 11.5 Å². The lowest BCUT2D eigenvalue weighted by Crippen LogP contribution is -2.61. The minimum atomic E-state index is -0.402. The number of amides is 1. The molecule has 0 aromatic carbocycles. The van der Waals surface area contributed by atoms with Crippen molar-refractivity contribution >= 4 is 6.09 Å². The summed E-state index contributed by atoms with van der Waals surface area (Å²) in [4.78, 5) is 13.7. The van der Waals surface area contributed by atoms with Gasteiger partial charge < -0.3 is 9.64 Å². The zero-order chi connectivity index (χ0) is 13.4. The second-order valence-corrected chi connectivity index (χ2v) is 6.78. The third-order valence-corrected chi connectivity index (χ3v) is 3.99. The SMILES string of the molecule is CC(C)(C)OC(=O)N1CC2(CCC(NN)CC2)C1. The van der Waals surface area contributed by atoms with Gasteiger partial charge in [0.15, 0.2) is 0 Å². The molecule has 5 heteroatoms. The van der Waals surface area contributed by atoms with Crippen LogP contribution in [-0.2, 0) is 4.74 Å². The Hall–Kier alpha value is -0.810. The van der Waals surface area contributed by atoms with E-state index < -0.39 is 5.60 Å². The maximum absolute atomic E-state index is 11.9. The number of hydrazine groups is 1. The average Bonchev–Trinajstić information content (AvgIpc) is 2.23. The lowest BCUT2D eigenvalue weighted by Gasteiger charge is -2.53. The number of hydrogen-bond acceptors (Lipinski definition) is 4. The second-order valence-electron chi connectivity index (χ2n) is 6.78.